The molecule has 2 rings (SSSR count). The fraction of sp³-hybridized carbons (Fsp3) is 0.688. The Bertz CT molecular complexity index is 423. The van der Waals surface area contributed by atoms with E-state index in [9.17, 15) is 0 Å². The first-order valence-electron chi connectivity index (χ1n) is 7.84. The van der Waals surface area contributed by atoms with Crippen LogP contribution in [0.15, 0.2) is 21.8 Å². The zero-order valence-corrected chi connectivity index (χ0v) is 14.3. The minimum atomic E-state index is 0.789. The van der Waals surface area contributed by atoms with Gasteiger partial charge in [-0.2, -0.15) is 11.3 Å². The van der Waals surface area contributed by atoms with Crippen LogP contribution in [0.2, 0.25) is 0 Å². The molecule has 0 atom stereocenters. The predicted octanol–water partition coefficient (Wildman–Crippen LogP) is 2.63. The van der Waals surface area contributed by atoms with Crippen molar-refractivity contribution in [3.8, 4) is 0 Å². The summed E-state index contributed by atoms with van der Waals surface area (Å²) in [4.78, 5) is 9.05. The average Bonchev–Trinajstić information content (AvgIpc) is 3.15. The molecule has 1 fully saturated rings. The summed E-state index contributed by atoms with van der Waals surface area (Å²) in [6.07, 6.45) is 5.52. The molecule has 0 aliphatic heterocycles. The van der Waals surface area contributed by atoms with E-state index in [1.54, 1.807) is 11.3 Å². The van der Waals surface area contributed by atoms with Crippen LogP contribution in [-0.2, 0) is 6.54 Å². The summed E-state index contributed by atoms with van der Waals surface area (Å²) in [7, 11) is 6.19. The molecule has 0 unspecified atom stereocenters. The molecule has 118 valence electrons. The van der Waals surface area contributed by atoms with Crippen molar-refractivity contribution in [3.05, 3.63) is 22.4 Å². The lowest BCUT2D eigenvalue weighted by molar-refractivity contribution is 0.248. The third-order valence-corrected chi connectivity index (χ3v) is 5.00. The number of likely N-dealkylation sites (N-methyl/N-ethyl adjacent to an activating group) is 1. The SMILES string of the molecule is CN=C(NCCN(C)C1CCCC1)N(C)Cc1ccsc1. The maximum Gasteiger partial charge on any atom is 0.193 e. The van der Waals surface area contributed by atoms with Gasteiger partial charge in [0.15, 0.2) is 5.96 Å². The fourth-order valence-corrected chi connectivity index (χ4v) is 3.65. The lowest BCUT2D eigenvalue weighted by Crippen LogP contribution is -2.43. The van der Waals surface area contributed by atoms with Gasteiger partial charge in [0.2, 0.25) is 0 Å². The van der Waals surface area contributed by atoms with Crippen molar-refractivity contribution in [3.63, 3.8) is 0 Å². The lowest BCUT2D eigenvalue weighted by atomic mass is 10.2. The van der Waals surface area contributed by atoms with Crippen LogP contribution in [0.5, 0.6) is 0 Å². The molecular formula is C16H28N4S. The molecular weight excluding hydrogens is 280 g/mol. The predicted molar refractivity (Wildman–Crippen MR) is 92.0 cm³/mol. The highest BCUT2D eigenvalue weighted by Crippen LogP contribution is 2.21. The fourth-order valence-electron chi connectivity index (χ4n) is 2.99. The Balaban J connectivity index is 1.71. The van der Waals surface area contributed by atoms with Gasteiger partial charge in [-0.15, -0.1) is 0 Å². The molecule has 0 amide bonds. The van der Waals surface area contributed by atoms with Crippen LogP contribution in [0.25, 0.3) is 0 Å². The number of rotatable bonds is 6. The van der Waals surface area contributed by atoms with Crippen molar-refractivity contribution < 1.29 is 0 Å². The van der Waals surface area contributed by atoms with Gasteiger partial charge in [-0.3, -0.25) is 4.99 Å². The van der Waals surface area contributed by atoms with Gasteiger partial charge in [0.25, 0.3) is 0 Å². The van der Waals surface area contributed by atoms with Gasteiger partial charge in [0.05, 0.1) is 0 Å². The number of hydrogen-bond donors (Lipinski definition) is 1. The summed E-state index contributed by atoms with van der Waals surface area (Å²) in [5.41, 5.74) is 1.34. The van der Waals surface area contributed by atoms with Crippen LogP contribution < -0.4 is 5.32 Å². The highest BCUT2D eigenvalue weighted by Gasteiger charge is 2.19. The zero-order valence-electron chi connectivity index (χ0n) is 13.5. The van der Waals surface area contributed by atoms with Crippen LogP contribution >= 0.6 is 11.3 Å². The van der Waals surface area contributed by atoms with Crippen LogP contribution in [-0.4, -0.2) is 56.0 Å². The first-order valence-corrected chi connectivity index (χ1v) is 8.78. The van der Waals surface area contributed by atoms with E-state index in [2.05, 4.69) is 51.0 Å². The largest absolute Gasteiger partial charge is 0.355 e. The molecule has 1 aromatic heterocycles. The van der Waals surface area contributed by atoms with Crippen LogP contribution in [0, 0.1) is 0 Å². The molecule has 0 spiro atoms. The number of thiophene rings is 1. The van der Waals surface area contributed by atoms with Gasteiger partial charge in [-0.25, -0.2) is 0 Å². The minimum absolute atomic E-state index is 0.789. The Morgan fingerprint density at radius 2 is 2.14 bits per heavy atom. The van der Waals surface area contributed by atoms with E-state index in [0.29, 0.717) is 0 Å². The monoisotopic (exact) mass is 308 g/mol. The molecule has 0 saturated heterocycles. The Kier molecular flexibility index (Phi) is 6.51. The summed E-state index contributed by atoms with van der Waals surface area (Å²) in [5.74, 6) is 0.973. The van der Waals surface area contributed by atoms with Gasteiger partial charge in [0, 0.05) is 39.8 Å². The third-order valence-electron chi connectivity index (χ3n) is 4.27. The minimum Gasteiger partial charge on any atom is -0.355 e. The van der Waals surface area contributed by atoms with Gasteiger partial charge in [0.1, 0.15) is 0 Å². The molecule has 1 aliphatic carbocycles. The van der Waals surface area contributed by atoms with E-state index in [1.165, 1.54) is 31.2 Å². The van der Waals surface area contributed by atoms with Crippen molar-refractivity contribution >= 4 is 17.3 Å². The van der Waals surface area contributed by atoms with E-state index >= 15 is 0 Å². The van der Waals surface area contributed by atoms with Crippen molar-refractivity contribution in [2.24, 2.45) is 4.99 Å². The topological polar surface area (TPSA) is 30.9 Å². The number of aliphatic imine (C=N–C) groups is 1. The van der Waals surface area contributed by atoms with Gasteiger partial charge >= 0.3 is 0 Å². The Hall–Kier alpha value is -1.07. The Labute approximate surface area is 132 Å². The van der Waals surface area contributed by atoms with E-state index in [4.69, 9.17) is 0 Å². The molecule has 1 N–H and O–H groups in total. The summed E-state index contributed by atoms with van der Waals surface area (Å²) in [6.45, 7) is 2.94. The van der Waals surface area contributed by atoms with E-state index < -0.39 is 0 Å². The van der Waals surface area contributed by atoms with Gasteiger partial charge in [-0.1, -0.05) is 12.8 Å². The molecule has 1 aromatic rings. The summed E-state index contributed by atoms with van der Waals surface area (Å²) >= 11 is 1.74. The van der Waals surface area contributed by atoms with Crippen LogP contribution in [0.4, 0.5) is 0 Å². The summed E-state index contributed by atoms with van der Waals surface area (Å²) < 4.78 is 0. The molecule has 5 heteroatoms. The molecule has 0 aromatic carbocycles. The molecule has 1 heterocycles. The number of nitrogens with zero attached hydrogens (tertiary/aromatic N) is 3. The van der Waals surface area contributed by atoms with Gasteiger partial charge in [-0.05, 0) is 42.3 Å². The van der Waals surface area contributed by atoms with Crippen LogP contribution in [0.3, 0.4) is 0 Å². The van der Waals surface area contributed by atoms with E-state index in [0.717, 1.165) is 31.6 Å². The normalized spacial score (nSPS) is 16.7. The standard InChI is InChI=1S/C16H28N4S/c1-17-16(20(3)12-14-8-11-21-13-14)18-9-10-19(2)15-6-4-5-7-15/h8,11,13,15H,4-7,9-10,12H2,1-3H3,(H,17,18). The summed E-state index contributed by atoms with van der Waals surface area (Å²) in [6, 6.07) is 2.96. The quantitative estimate of drug-likeness (QED) is 0.647. The number of nitrogens with one attached hydrogen (secondary N) is 1. The maximum atomic E-state index is 4.38. The maximum absolute atomic E-state index is 4.38. The number of guanidine groups is 1. The van der Waals surface area contributed by atoms with Crippen molar-refractivity contribution in [2.45, 2.75) is 38.3 Å². The second kappa shape index (κ2) is 8.39. The second-order valence-electron chi connectivity index (χ2n) is 5.88. The molecule has 0 radical (unpaired) electrons. The first-order chi connectivity index (χ1) is 10.2. The smallest absolute Gasteiger partial charge is 0.193 e. The number of hydrogen-bond acceptors (Lipinski definition) is 3. The Morgan fingerprint density at radius 1 is 1.38 bits per heavy atom. The second-order valence-corrected chi connectivity index (χ2v) is 6.66. The van der Waals surface area contributed by atoms with Crippen molar-refractivity contribution in [1.29, 1.82) is 0 Å². The first kappa shape index (κ1) is 16.3. The molecule has 21 heavy (non-hydrogen) atoms. The highest BCUT2D eigenvalue weighted by atomic mass is 32.1. The zero-order chi connectivity index (χ0) is 15.1. The molecule has 1 saturated carbocycles. The molecule has 0 bridgehead atoms. The van der Waals surface area contributed by atoms with Gasteiger partial charge < -0.3 is 15.1 Å². The third kappa shape index (κ3) is 5.00. The van der Waals surface area contributed by atoms with Crippen molar-refractivity contribution in [1.82, 2.24) is 15.1 Å². The highest BCUT2D eigenvalue weighted by molar-refractivity contribution is 7.07. The van der Waals surface area contributed by atoms with E-state index in [-0.39, 0.29) is 0 Å². The Morgan fingerprint density at radius 3 is 2.76 bits per heavy atom. The van der Waals surface area contributed by atoms with Crippen molar-refractivity contribution in [2.75, 3.05) is 34.2 Å². The molecule has 1 aliphatic rings. The molecule has 4 nitrogen and oxygen atoms in total. The van der Waals surface area contributed by atoms with E-state index in [1.807, 2.05) is 7.05 Å². The summed E-state index contributed by atoms with van der Waals surface area (Å²) in [5, 5.41) is 7.79. The lowest BCUT2D eigenvalue weighted by Gasteiger charge is -2.26. The van der Waals surface area contributed by atoms with Crippen LogP contribution in [0.1, 0.15) is 31.2 Å². The average molecular weight is 308 g/mol.